The molecular formula is C13H17Cl2N3. The Morgan fingerprint density at radius 1 is 1.50 bits per heavy atom. The number of nitrogens with one attached hydrogen (secondary N) is 2. The SMILES string of the molecule is C=CCNC(=NC)NC(C)c1ccc(Cl)cc1Cl. The molecule has 1 unspecified atom stereocenters. The van der Waals surface area contributed by atoms with E-state index in [0.717, 1.165) is 5.56 Å². The molecule has 1 rings (SSSR count). The Kier molecular flexibility index (Phi) is 6.02. The summed E-state index contributed by atoms with van der Waals surface area (Å²) in [4.78, 5) is 4.12. The maximum atomic E-state index is 6.15. The molecule has 18 heavy (non-hydrogen) atoms. The first kappa shape index (κ1) is 14.9. The first-order valence-corrected chi connectivity index (χ1v) is 6.37. The molecule has 0 spiro atoms. The third-order valence-corrected chi connectivity index (χ3v) is 2.98. The van der Waals surface area contributed by atoms with Gasteiger partial charge in [-0.05, 0) is 24.6 Å². The van der Waals surface area contributed by atoms with E-state index >= 15 is 0 Å². The van der Waals surface area contributed by atoms with E-state index in [1.54, 1.807) is 19.2 Å². The minimum absolute atomic E-state index is 0.0331. The lowest BCUT2D eigenvalue weighted by atomic mass is 10.1. The molecule has 0 aliphatic rings. The molecule has 0 aliphatic heterocycles. The first-order chi connectivity index (χ1) is 8.58. The number of rotatable bonds is 4. The quantitative estimate of drug-likeness (QED) is 0.505. The lowest BCUT2D eigenvalue weighted by Crippen LogP contribution is -2.38. The van der Waals surface area contributed by atoms with E-state index in [1.807, 2.05) is 19.1 Å². The predicted molar refractivity (Wildman–Crippen MR) is 79.6 cm³/mol. The van der Waals surface area contributed by atoms with Crippen molar-refractivity contribution in [3.8, 4) is 0 Å². The largest absolute Gasteiger partial charge is 0.353 e. The number of aliphatic imine (C=N–C) groups is 1. The van der Waals surface area contributed by atoms with Crippen LogP contribution < -0.4 is 10.6 Å². The Hall–Kier alpha value is -1.19. The summed E-state index contributed by atoms with van der Waals surface area (Å²) in [5, 5.41) is 7.61. The maximum absolute atomic E-state index is 6.15. The maximum Gasteiger partial charge on any atom is 0.191 e. The van der Waals surface area contributed by atoms with Crippen molar-refractivity contribution in [3.63, 3.8) is 0 Å². The lowest BCUT2D eigenvalue weighted by molar-refractivity contribution is 0.694. The normalized spacial score (nSPS) is 13.0. The van der Waals surface area contributed by atoms with Gasteiger partial charge in [0.2, 0.25) is 0 Å². The van der Waals surface area contributed by atoms with Crippen molar-refractivity contribution in [2.75, 3.05) is 13.6 Å². The standard InChI is InChI=1S/C13H17Cl2N3/c1-4-7-17-13(16-3)18-9(2)11-6-5-10(14)8-12(11)15/h4-6,8-9H,1,7H2,2-3H3,(H2,16,17,18). The highest BCUT2D eigenvalue weighted by atomic mass is 35.5. The van der Waals surface area contributed by atoms with Crippen LogP contribution >= 0.6 is 23.2 Å². The highest BCUT2D eigenvalue weighted by molar-refractivity contribution is 6.35. The van der Waals surface area contributed by atoms with E-state index in [1.165, 1.54) is 0 Å². The van der Waals surface area contributed by atoms with Crippen LogP contribution in [0.4, 0.5) is 0 Å². The van der Waals surface area contributed by atoms with Gasteiger partial charge in [0, 0.05) is 23.6 Å². The van der Waals surface area contributed by atoms with Gasteiger partial charge in [-0.1, -0.05) is 35.3 Å². The van der Waals surface area contributed by atoms with Crippen LogP contribution in [0.1, 0.15) is 18.5 Å². The molecule has 5 heteroatoms. The fourth-order valence-electron chi connectivity index (χ4n) is 1.50. The van der Waals surface area contributed by atoms with Gasteiger partial charge in [0.25, 0.3) is 0 Å². The second-order valence-corrected chi connectivity index (χ2v) is 4.62. The van der Waals surface area contributed by atoms with Gasteiger partial charge in [-0.3, -0.25) is 4.99 Å². The summed E-state index contributed by atoms with van der Waals surface area (Å²) in [6, 6.07) is 5.49. The van der Waals surface area contributed by atoms with Crippen LogP contribution in [0.25, 0.3) is 0 Å². The predicted octanol–water partition coefficient (Wildman–Crippen LogP) is 3.41. The number of benzene rings is 1. The average molecular weight is 286 g/mol. The van der Waals surface area contributed by atoms with Crippen molar-refractivity contribution in [2.45, 2.75) is 13.0 Å². The Morgan fingerprint density at radius 2 is 2.22 bits per heavy atom. The molecule has 0 aromatic heterocycles. The smallest absolute Gasteiger partial charge is 0.191 e. The number of nitrogens with zero attached hydrogens (tertiary/aromatic N) is 1. The van der Waals surface area contributed by atoms with Crippen LogP contribution in [0.5, 0.6) is 0 Å². The van der Waals surface area contributed by atoms with Gasteiger partial charge in [0.1, 0.15) is 0 Å². The third kappa shape index (κ3) is 4.24. The van der Waals surface area contributed by atoms with Crippen LogP contribution in [0.15, 0.2) is 35.8 Å². The van der Waals surface area contributed by atoms with Gasteiger partial charge >= 0.3 is 0 Å². The number of guanidine groups is 1. The Labute approximate surface area is 118 Å². The summed E-state index contributed by atoms with van der Waals surface area (Å²) in [5.41, 5.74) is 0.975. The highest BCUT2D eigenvalue weighted by Crippen LogP contribution is 2.25. The second kappa shape index (κ2) is 7.29. The van der Waals surface area contributed by atoms with Crippen molar-refractivity contribution < 1.29 is 0 Å². The van der Waals surface area contributed by atoms with Crippen molar-refractivity contribution >= 4 is 29.2 Å². The van der Waals surface area contributed by atoms with E-state index in [2.05, 4.69) is 22.2 Å². The highest BCUT2D eigenvalue weighted by Gasteiger charge is 2.11. The third-order valence-electron chi connectivity index (χ3n) is 2.42. The fraction of sp³-hybridized carbons (Fsp3) is 0.308. The molecule has 0 saturated carbocycles. The summed E-state index contributed by atoms with van der Waals surface area (Å²) >= 11 is 12.0. The second-order valence-electron chi connectivity index (χ2n) is 3.77. The van der Waals surface area contributed by atoms with E-state index < -0.39 is 0 Å². The summed E-state index contributed by atoms with van der Waals surface area (Å²) in [6.45, 7) is 6.31. The van der Waals surface area contributed by atoms with Crippen molar-refractivity contribution in [3.05, 3.63) is 46.5 Å². The van der Waals surface area contributed by atoms with E-state index in [0.29, 0.717) is 22.5 Å². The van der Waals surface area contributed by atoms with Gasteiger partial charge in [0.15, 0.2) is 5.96 Å². The van der Waals surface area contributed by atoms with Crippen LogP contribution in [0.2, 0.25) is 10.0 Å². The Balaban J connectivity index is 2.74. The zero-order valence-corrected chi connectivity index (χ0v) is 12.0. The minimum Gasteiger partial charge on any atom is -0.353 e. The lowest BCUT2D eigenvalue weighted by Gasteiger charge is -2.18. The zero-order valence-electron chi connectivity index (χ0n) is 10.5. The molecule has 0 amide bonds. The molecule has 2 N–H and O–H groups in total. The number of halogens is 2. The van der Waals surface area contributed by atoms with E-state index in [9.17, 15) is 0 Å². The van der Waals surface area contributed by atoms with Gasteiger partial charge < -0.3 is 10.6 Å². The van der Waals surface area contributed by atoms with E-state index in [4.69, 9.17) is 23.2 Å². The fourth-order valence-corrected chi connectivity index (χ4v) is 2.07. The zero-order chi connectivity index (χ0) is 13.5. The van der Waals surface area contributed by atoms with Crippen molar-refractivity contribution in [1.29, 1.82) is 0 Å². The molecule has 0 saturated heterocycles. The topological polar surface area (TPSA) is 36.4 Å². The molecule has 0 heterocycles. The molecule has 1 aromatic carbocycles. The minimum atomic E-state index is 0.0331. The first-order valence-electron chi connectivity index (χ1n) is 5.61. The van der Waals surface area contributed by atoms with Gasteiger partial charge in [-0.2, -0.15) is 0 Å². The molecule has 0 bridgehead atoms. The molecule has 98 valence electrons. The molecule has 3 nitrogen and oxygen atoms in total. The molecule has 0 aliphatic carbocycles. The summed E-state index contributed by atoms with van der Waals surface area (Å²) in [5.74, 6) is 0.702. The van der Waals surface area contributed by atoms with Gasteiger partial charge in [-0.25, -0.2) is 0 Å². The molecule has 1 aromatic rings. The van der Waals surface area contributed by atoms with Gasteiger partial charge in [0.05, 0.1) is 6.04 Å². The van der Waals surface area contributed by atoms with Crippen LogP contribution in [-0.2, 0) is 0 Å². The average Bonchev–Trinajstić information content (AvgIpc) is 2.34. The molecule has 0 fully saturated rings. The monoisotopic (exact) mass is 285 g/mol. The summed E-state index contributed by atoms with van der Waals surface area (Å²) in [6.07, 6.45) is 1.77. The summed E-state index contributed by atoms with van der Waals surface area (Å²) in [7, 11) is 1.72. The Morgan fingerprint density at radius 3 is 2.78 bits per heavy atom. The molecular weight excluding hydrogens is 269 g/mol. The van der Waals surface area contributed by atoms with Crippen LogP contribution in [0, 0.1) is 0 Å². The van der Waals surface area contributed by atoms with Crippen molar-refractivity contribution in [1.82, 2.24) is 10.6 Å². The van der Waals surface area contributed by atoms with Crippen LogP contribution in [-0.4, -0.2) is 19.6 Å². The number of hydrogen-bond donors (Lipinski definition) is 2. The van der Waals surface area contributed by atoms with Crippen LogP contribution in [0.3, 0.4) is 0 Å². The van der Waals surface area contributed by atoms with E-state index in [-0.39, 0.29) is 6.04 Å². The molecule has 1 atom stereocenters. The summed E-state index contributed by atoms with van der Waals surface area (Å²) < 4.78 is 0. The molecule has 0 radical (unpaired) electrons. The van der Waals surface area contributed by atoms with Gasteiger partial charge in [-0.15, -0.1) is 6.58 Å². The van der Waals surface area contributed by atoms with Crippen molar-refractivity contribution in [2.24, 2.45) is 4.99 Å². The Bertz CT molecular complexity index is 444. The number of hydrogen-bond acceptors (Lipinski definition) is 1.